The van der Waals surface area contributed by atoms with E-state index < -0.39 is 5.97 Å². The summed E-state index contributed by atoms with van der Waals surface area (Å²) >= 11 is 0. The first-order valence-electron chi connectivity index (χ1n) is 11.8. The van der Waals surface area contributed by atoms with Crippen LogP contribution in [0.2, 0.25) is 0 Å². The van der Waals surface area contributed by atoms with E-state index in [1.165, 1.54) is 0 Å². The van der Waals surface area contributed by atoms with Crippen molar-refractivity contribution in [3.63, 3.8) is 0 Å². The summed E-state index contributed by atoms with van der Waals surface area (Å²) in [5.74, 6) is -0.0988. The summed E-state index contributed by atoms with van der Waals surface area (Å²) in [6.45, 7) is 1.21. The number of nitrogens with one attached hydrogen (secondary N) is 1. The van der Waals surface area contributed by atoms with E-state index in [0.717, 1.165) is 35.3 Å². The number of amides is 2. The lowest BCUT2D eigenvalue weighted by Crippen LogP contribution is -2.45. The van der Waals surface area contributed by atoms with Gasteiger partial charge in [-0.1, -0.05) is 30.3 Å². The zero-order valence-corrected chi connectivity index (χ0v) is 18.9. The van der Waals surface area contributed by atoms with Crippen LogP contribution in [0, 0.1) is 0 Å². The minimum atomic E-state index is -0.885. The molecule has 5 rings (SSSR count). The first kappa shape index (κ1) is 22.1. The van der Waals surface area contributed by atoms with Crippen LogP contribution in [0.4, 0.5) is 5.69 Å². The second kappa shape index (κ2) is 9.29. The topological polar surface area (TPSA) is 107 Å². The highest BCUT2D eigenvalue weighted by atomic mass is 16.4. The zero-order valence-electron chi connectivity index (χ0n) is 18.9. The van der Waals surface area contributed by atoms with Crippen molar-refractivity contribution in [1.82, 2.24) is 14.9 Å². The number of para-hydroxylation sites is 3. The van der Waals surface area contributed by atoms with Crippen molar-refractivity contribution < 1.29 is 19.5 Å². The average Bonchev–Trinajstić information content (AvgIpc) is 3.24. The highest BCUT2D eigenvalue weighted by Crippen LogP contribution is 2.37. The van der Waals surface area contributed by atoms with Crippen LogP contribution < -0.4 is 4.90 Å². The largest absolute Gasteiger partial charge is 0.481 e. The molecule has 8 heteroatoms. The van der Waals surface area contributed by atoms with Gasteiger partial charge in [-0.3, -0.25) is 14.4 Å². The molecule has 176 valence electrons. The molecule has 1 fully saturated rings. The van der Waals surface area contributed by atoms with Crippen molar-refractivity contribution in [2.24, 2.45) is 0 Å². The van der Waals surface area contributed by atoms with Gasteiger partial charge in [0.15, 0.2) is 0 Å². The molecule has 2 aliphatic rings. The Morgan fingerprint density at radius 3 is 2.53 bits per heavy atom. The Morgan fingerprint density at radius 1 is 1.03 bits per heavy atom. The first-order chi connectivity index (χ1) is 16.5. The molecule has 8 nitrogen and oxygen atoms in total. The summed E-state index contributed by atoms with van der Waals surface area (Å²) < 4.78 is 0. The number of carbonyl (C=O) groups is 3. The maximum atomic E-state index is 13.2. The molecule has 3 aromatic rings. The second-order valence-corrected chi connectivity index (χ2v) is 9.17. The van der Waals surface area contributed by atoms with E-state index in [4.69, 9.17) is 4.98 Å². The number of hydrogen-bond acceptors (Lipinski definition) is 4. The van der Waals surface area contributed by atoms with E-state index in [0.29, 0.717) is 25.2 Å². The molecule has 0 spiro atoms. The lowest BCUT2D eigenvalue weighted by molar-refractivity contribution is -0.137. The number of aromatic amines is 1. The molecule has 2 aromatic carbocycles. The standard InChI is InChI=1S/C26H28N4O4/c31-23-10-9-18(15-25(33)34)19-5-1-4-8-22(19)30(23)16-24(32)29-13-11-17(12-14-29)26-27-20-6-2-3-7-21(20)28-26/h1-8,17-18H,9-16H2,(H,27,28)(H,33,34). The molecule has 1 aromatic heterocycles. The van der Waals surface area contributed by atoms with E-state index in [9.17, 15) is 19.5 Å². The minimum Gasteiger partial charge on any atom is -0.481 e. The molecular formula is C26H28N4O4. The minimum absolute atomic E-state index is 0.0229. The van der Waals surface area contributed by atoms with Crippen molar-refractivity contribution >= 4 is 34.5 Å². The van der Waals surface area contributed by atoms with Gasteiger partial charge in [0.2, 0.25) is 11.8 Å². The fourth-order valence-corrected chi connectivity index (χ4v) is 5.20. The number of imidazole rings is 1. The molecule has 0 bridgehead atoms. The summed E-state index contributed by atoms with van der Waals surface area (Å²) in [5.41, 5.74) is 3.46. The van der Waals surface area contributed by atoms with E-state index in [1.807, 2.05) is 53.4 Å². The maximum absolute atomic E-state index is 13.2. The molecule has 2 aliphatic heterocycles. The number of fused-ring (bicyclic) bond motifs is 2. The maximum Gasteiger partial charge on any atom is 0.303 e. The van der Waals surface area contributed by atoms with Crippen molar-refractivity contribution in [2.75, 3.05) is 24.5 Å². The number of carbonyl (C=O) groups excluding carboxylic acids is 2. The average molecular weight is 461 g/mol. The molecular weight excluding hydrogens is 432 g/mol. The number of benzene rings is 2. The van der Waals surface area contributed by atoms with Crippen molar-refractivity contribution in [3.8, 4) is 0 Å². The highest BCUT2D eigenvalue weighted by molar-refractivity contribution is 6.00. The van der Waals surface area contributed by atoms with Crippen LogP contribution in [-0.4, -0.2) is 57.4 Å². The number of rotatable bonds is 5. The third-order valence-electron chi connectivity index (χ3n) is 7.03. The van der Waals surface area contributed by atoms with Crippen molar-refractivity contribution in [2.45, 2.75) is 43.9 Å². The van der Waals surface area contributed by atoms with Gasteiger partial charge in [0.25, 0.3) is 0 Å². The van der Waals surface area contributed by atoms with Gasteiger partial charge in [-0.15, -0.1) is 0 Å². The third kappa shape index (κ3) is 4.40. The van der Waals surface area contributed by atoms with Crippen LogP contribution in [0.3, 0.4) is 0 Å². The van der Waals surface area contributed by atoms with Gasteiger partial charge < -0.3 is 19.9 Å². The number of nitrogens with zero attached hydrogens (tertiary/aromatic N) is 3. The lowest BCUT2D eigenvalue weighted by Gasteiger charge is -2.33. The number of aliphatic carboxylic acids is 1. The predicted molar refractivity (Wildman–Crippen MR) is 128 cm³/mol. The van der Waals surface area contributed by atoms with Crippen LogP contribution in [0.5, 0.6) is 0 Å². The number of aromatic nitrogens is 2. The van der Waals surface area contributed by atoms with Gasteiger partial charge in [-0.25, -0.2) is 4.98 Å². The predicted octanol–water partition coefficient (Wildman–Crippen LogP) is 3.65. The molecule has 1 atom stereocenters. The molecule has 3 heterocycles. The Labute approximate surface area is 197 Å². The van der Waals surface area contributed by atoms with Crippen LogP contribution >= 0.6 is 0 Å². The number of anilines is 1. The number of carboxylic acid groups (broad SMARTS) is 1. The molecule has 2 N–H and O–H groups in total. The number of likely N-dealkylation sites (tertiary alicyclic amines) is 1. The fourth-order valence-electron chi connectivity index (χ4n) is 5.20. The normalized spacial score (nSPS) is 19.2. The summed E-state index contributed by atoms with van der Waals surface area (Å²) in [4.78, 5) is 49.0. The van der Waals surface area contributed by atoms with Gasteiger partial charge in [-0.2, -0.15) is 0 Å². The summed E-state index contributed by atoms with van der Waals surface area (Å²) in [6.07, 6.45) is 2.30. The molecule has 1 saturated heterocycles. The fraction of sp³-hybridized carbons (Fsp3) is 0.385. The Bertz CT molecular complexity index is 1200. The molecule has 0 saturated carbocycles. The van der Waals surface area contributed by atoms with Crippen molar-refractivity contribution in [1.29, 1.82) is 0 Å². The van der Waals surface area contributed by atoms with E-state index in [1.54, 1.807) is 4.90 Å². The van der Waals surface area contributed by atoms with Gasteiger partial charge in [0, 0.05) is 31.1 Å². The van der Waals surface area contributed by atoms with Crippen molar-refractivity contribution in [3.05, 3.63) is 59.9 Å². The SMILES string of the molecule is O=C(O)CC1CCC(=O)N(CC(=O)N2CCC(c3nc4ccccc4[nH]3)CC2)c2ccccc21. The van der Waals surface area contributed by atoms with Gasteiger partial charge >= 0.3 is 5.97 Å². The summed E-state index contributed by atoms with van der Waals surface area (Å²) in [5, 5.41) is 9.31. The number of H-pyrrole nitrogens is 1. The zero-order chi connectivity index (χ0) is 23.7. The Morgan fingerprint density at radius 2 is 1.76 bits per heavy atom. The molecule has 0 radical (unpaired) electrons. The molecule has 1 unspecified atom stereocenters. The number of piperidine rings is 1. The molecule has 2 amide bonds. The molecule has 34 heavy (non-hydrogen) atoms. The van der Waals surface area contributed by atoms with E-state index >= 15 is 0 Å². The van der Waals surface area contributed by atoms with Crippen LogP contribution in [0.15, 0.2) is 48.5 Å². The summed E-state index contributed by atoms with van der Waals surface area (Å²) in [7, 11) is 0. The van der Waals surface area contributed by atoms with E-state index in [-0.39, 0.29) is 43.0 Å². The molecule has 0 aliphatic carbocycles. The Balaban J connectivity index is 1.27. The van der Waals surface area contributed by atoms with E-state index in [2.05, 4.69) is 4.98 Å². The van der Waals surface area contributed by atoms with Gasteiger partial charge in [-0.05, 0) is 48.9 Å². The first-order valence-corrected chi connectivity index (χ1v) is 11.8. The number of hydrogen-bond donors (Lipinski definition) is 2. The summed E-state index contributed by atoms with van der Waals surface area (Å²) in [6, 6.07) is 15.3. The van der Waals surface area contributed by atoms with Crippen LogP contribution in [-0.2, 0) is 14.4 Å². The lowest BCUT2D eigenvalue weighted by atomic mass is 9.91. The Kier molecular flexibility index (Phi) is 6.04. The number of carboxylic acids is 1. The smallest absolute Gasteiger partial charge is 0.303 e. The highest BCUT2D eigenvalue weighted by Gasteiger charge is 2.32. The van der Waals surface area contributed by atoms with Crippen LogP contribution in [0.25, 0.3) is 11.0 Å². The second-order valence-electron chi connectivity index (χ2n) is 9.17. The van der Waals surface area contributed by atoms with Gasteiger partial charge in [0.05, 0.1) is 17.5 Å². The Hall–Kier alpha value is -3.68. The van der Waals surface area contributed by atoms with Gasteiger partial charge in [0.1, 0.15) is 12.4 Å². The monoisotopic (exact) mass is 460 g/mol. The third-order valence-corrected chi connectivity index (χ3v) is 7.03. The van der Waals surface area contributed by atoms with Crippen LogP contribution in [0.1, 0.15) is 55.3 Å². The quantitative estimate of drug-likeness (QED) is 0.604.